The summed E-state index contributed by atoms with van der Waals surface area (Å²) in [6, 6.07) is 6.04. The molecule has 14 heavy (non-hydrogen) atoms. The maximum atomic E-state index is 5.91. The average molecular weight is 275 g/mol. The summed E-state index contributed by atoms with van der Waals surface area (Å²) in [7, 11) is 0. The molecule has 1 aliphatic carbocycles. The van der Waals surface area contributed by atoms with Crippen molar-refractivity contribution < 1.29 is 0 Å². The molecule has 2 N–H and O–H groups in total. The Morgan fingerprint density at radius 2 is 2.14 bits per heavy atom. The average Bonchev–Trinajstić information content (AvgIpc) is 2.86. The van der Waals surface area contributed by atoms with Crippen molar-refractivity contribution in [1.82, 2.24) is 0 Å². The highest BCUT2D eigenvalue weighted by Crippen LogP contribution is 2.53. The molecule has 1 aliphatic rings. The standard InChI is InChI=1S/C11H13BrClN/c12-10-7-8(13)1-2-9(10)11(3-4-11)5-6-14/h1-2,7H,3-6,14H2. The van der Waals surface area contributed by atoms with Crippen LogP contribution in [0.3, 0.4) is 0 Å². The molecule has 0 aliphatic heterocycles. The zero-order valence-corrected chi connectivity index (χ0v) is 10.2. The highest BCUT2D eigenvalue weighted by molar-refractivity contribution is 9.10. The van der Waals surface area contributed by atoms with E-state index in [2.05, 4.69) is 22.0 Å². The lowest BCUT2D eigenvalue weighted by atomic mass is 9.92. The third-order valence-electron chi connectivity index (χ3n) is 2.98. The first kappa shape index (κ1) is 10.5. The van der Waals surface area contributed by atoms with Crippen LogP contribution in [0.15, 0.2) is 22.7 Å². The molecule has 1 saturated carbocycles. The molecule has 0 radical (unpaired) electrons. The molecule has 0 saturated heterocycles. The van der Waals surface area contributed by atoms with Gasteiger partial charge in [-0.15, -0.1) is 0 Å². The van der Waals surface area contributed by atoms with E-state index in [1.54, 1.807) is 0 Å². The summed E-state index contributed by atoms with van der Waals surface area (Å²) >= 11 is 9.48. The molecule has 1 aromatic rings. The minimum atomic E-state index is 0.345. The van der Waals surface area contributed by atoms with Crippen molar-refractivity contribution in [1.29, 1.82) is 0 Å². The van der Waals surface area contributed by atoms with Crippen LogP contribution in [0.1, 0.15) is 24.8 Å². The maximum absolute atomic E-state index is 5.91. The van der Waals surface area contributed by atoms with E-state index in [9.17, 15) is 0 Å². The van der Waals surface area contributed by atoms with Gasteiger partial charge < -0.3 is 5.73 Å². The van der Waals surface area contributed by atoms with E-state index in [1.807, 2.05) is 12.1 Å². The molecule has 0 amide bonds. The third-order valence-corrected chi connectivity index (χ3v) is 3.87. The van der Waals surface area contributed by atoms with Crippen LogP contribution in [-0.2, 0) is 5.41 Å². The van der Waals surface area contributed by atoms with E-state index in [-0.39, 0.29) is 0 Å². The van der Waals surface area contributed by atoms with Gasteiger partial charge in [0.05, 0.1) is 0 Å². The fourth-order valence-corrected chi connectivity index (χ4v) is 3.10. The van der Waals surface area contributed by atoms with Crippen LogP contribution >= 0.6 is 27.5 Å². The lowest BCUT2D eigenvalue weighted by molar-refractivity contribution is 0.626. The number of nitrogens with two attached hydrogens (primary N) is 1. The third kappa shape index (κ3) is 1.83. The van der Waals surface area contributed by atoms with Gasteiger partial charge in [-0.3, -0.25) is 0 Å². The number of hydrogen-bond acceptors (Lipinski definition) is 1. The highest BCUT2D eigenvalue weighted by Gasteiger charge is 2.44. The summed E-state index contributed by atoms with van der Waals surface area (Å²) in [6.45, 7) is 0.759. The lowest BCUT2D eigenvalue weighted by Crippen LogP contribution is -2.13. The van der Waals surface area contributed by atoms with Crippen LogP contribution < -0.4 is 5.73 Å². The van der Waals surface area contributed by atoms with Crippen molar-refractivity contribution in [3.63, 3.8) is 0 Å². The first-order valence-corrected chi connectivity index (χ1v) is 6.01. The summed E-state index contributed by atoms with van der Waals surface area (Å²) < 4.78 is 1.12. The SMILES string of the molecule is NCCC1(c2ccc(Cl)cc2Br)CC1. The Labute approximate surface area is 97.8 Å². The molecule has 1 nitrogen and oxygen atoms in total. The molecule has 1 fully saturated rings. The van der Waals surface area contributed by atoms with Gasteiger partial charge in [0.2, 0.25) is 0 Å². The van der Waals surface area contributed by atoms with Gasteiger partial charge in [0.25, 0.3) is 0 Å². The summed E-state index contributed by atoms with van der Waals surface area (Å²) in [5.74, 6) is 0. The van der Waals surface area contributed by atoms with Gasteiger partial charge in [-0.25, -0.2) is 0 Å². The molecule has 0 heterocycles. The zero-order valence-electron chi connectivity index (χ0n) is 7.89. The predicted octanol–water partition coefficient (Wildman–Crippen LogP) is 3.48. The number of benzene rings is 1. The van der Waals surface area contributed by atoms with Crippen LogP contribution in [0.25, 0.3) is 0 Å². The Hall–Kier alpha value is -0.0500. The monoisotopic (exact) mass is 273 g/mol. The van der Waals surface area contributed by atoms with Crippen molar-refractivity contribution in [2.45, 2.75) is 24.7 Å². The van der Waals surface area contributed by atoms with Crippen molar-refractivity contribution in [2.75, 3.05) is 6.54 Å². The van der Waals surface area contributed by atoms with Gasteiger partial charge in [0.15, 0.2) is 0 Å². The molecule has 0 spiro atoms. The first-order chi connectivity index (χ1) is 6.68. The van der Waals surface area contributed by atoms with Gasteiger partial charge >= 0.3 is 0 Å². The second-order valence-corrected chi connectivity index (χ2v) is 5.23. The maximum Gasteiger partial charge on any atom is 0.0417 e. The van der Waals surface area contributed by atoms with E-state index >= 15 is 0 Å². The fourth-order valence-electron chi connectivity index (χ4n) is 2.00. The van der Waals surface area contributed by atoms with E-state index < -0.39 is 0 Å². The molecule has 3 heteroatoms. The fraction of sp³-hybridized carbons (Fsp3) is 0.455. The van der Waals surface area contributed by atoms with Gasteiger partial charge in [-0.1, -0.05) is 33.6 Å². The molecule has 0 aromatic heterocycles. The Kier molecular flexibility index (Phi) is 2.87. The normalized spacial score (nSPS) is 18.2. The topological polar surface area (TPSA) is 26.0 Å². The van der Waals surface area contributed by atoms with Crippen LogP contribution in [0.5, 0.6) is 0 Å². The van der Waals surface area contributed by atoms with Crippen molar-refractivity contribution in [3.8, 4) is 0 Å². The van der Waals surface area contributed by atoms with Crippen LogP contribution in [0.2, 0.25) is 5.02 Å². The molecule has 0 atom stereocenters. The summed E-state index contributed by atoms with van der Waals surface area (Å²) in [4.78, 5) is 0. The number of hydrogen-bond donors (Lipinski definition) is 1. The second-order valence-electron chi connectivity index (χ2n) is 3.94. The van der Waals surface area contributed by atoms with Gasteiger partial charge in [-0.2, -0.15) is 0 Å². The number of rotatable bonds is 3. The minimum absolute atomic E-state index is 0.345. The Bertz CT molecular complexity index is 347. The van der Waals surface area contributed by atoms with Gasteiger partial charge in [0.1, 0.15) is 0 Å². The van der Waals surface area contributed by atoms with Gasteiger partial charge in [0, 0.05) is 9.50 Å². The van der Waals surface area contributed by atoms with Crippen LogP contribution in [0, 0.1) is 0 Å². The Morgan fingerprint density at radius 1 is 1.43 bits per heavy atom. The smallest absolute Gasteiger partial charge is 0.0417 e. The van der Waals surface area contributed by atoms with Crippen LogP contribution in [0.4, 0.5) is 0 Å². The minimum Gasteiger partial charge on any atom is -0.330 e. The molecular weight excluding hydrogens is 261 g/mol. The quantitative estimate of drug-likeness (QED) is 0.897. The van der Waals surface area contributed by atoms with Crippen molar-refractivity contribution in [3.05, 3.63) is 33.3 Å². The molecule has 0 bridgehead atoms. The Morgan fingerprint density at radius 3 is 2.64 bits per heavy atom. The van der Waals surface area contributed by atoms with Gasteiger partial charge in [-0.05, 0) is 48.9 Å². The van der Waals surface area contributed by atoms with E-state index in [0.29, 0.717) is 5.41 Å². The second kappa shape index (κ2) is 3.84. The van der Waals surface area contributed by atoms with Crippen molar-refractivity contribution >= 4 is 27.5 Å². The van der Waals surface area contributed by atoms with E-state index in [1.165, 1.54) is 18.4 Å². The largest absolute Gasteiger partial charge is 0.330 e. The predicted molar refractivity (Wildman–Crippen MR) is 63.7 cm³/mol. The lowest BCUT2D eigenvalue weighted by Gasteiger charge is -2.16. The summed E-state index contributed by atoms with van der Waals surface area (Å²) in [6.07, 6.45) is 3.59. The molecule has 0 unspecified atom stereocenters. The first-order valence-electron chi connectivity index (χ1n) is 4.83. The molecular formula is C11H13BrClN. The zero-order chi connectivity index (χ0) is 10.2. The van der Waals surface area contributed by atoms with E-state index in [4.69, 9.17) is 17.3 Å². The molecule has 2 rings (SSSR count). The highest BCUT2D eigenvalue weighted by atomic mass is 79.9. The van der Waals surface area contributed by atoms with E-state index in [0.717, 1.165) is 22.5 Å². The summed E-state index contributed by atoms with van der Waals surface area (Å²) in [5.41, 5.74) is 7.34. The molecule has 76 valence electrons. The van der Waals surface area contributed by atoms with Crippen molar-refractivity contribution in [2.24, 2.45) is 5.73 Å². The Balaban J connectivity index is 2.32. The number of halogens is 2. The summed E-state index contributed by atoms with van der Waals surface area (Å²) in [5, 5.41) is 0.782. The van der Waals surface area contributed by atoms with Crippen LogP contribution in [-0.4, -0.2) is 6.54 Å². The molecule has 1 aromatic carbocycles.